The summed E-state index contributed by atoms with van der Waals surface area (Å²) in [7, 11) is -1.37. The molecule has 2 aromatic heterocycles. The normalized spacial score (nSPS) is 34.3. The van der Waals surface area contributed by atoms with E-state index in [9.17, 15) is 0 Å². The van der Waals surface area contributed by atoms with Gasteiger partial charge < -0.3 is 0 Å². The maximum Gasteiger partial charge on any atom is 0.0889 e. The Bertz CT molecular complexity index is 1060. The largest absolute Gasteiger partial charge is 0.251 e. The zero-order valence-corrected chi connectivity index (χ0v) is 20.7. The van der Waals surface area contributed by atoms with E-state index < -0.39 is 8.07 Å². The molecule has 3 heteroatoms. The lowest BCUT2D eigenvalue weighted by molar-refractivity contribution is 0.00979. The van der Waals surface area contributed by atoms with E-state index in [0.29, 0.717) is 28.2 Å². The Morgan fingerprint density at radius 1 is 0.800 bits per heavy atom. The van der Waals surface area contributed by atoms with Gasteiger partial charge in [0.2, 0.25) is 0 Å². The molecule has 0 saturated heterocycles. The van der Waals surface area contributed by atoms with E-state index in [2.05, 4.69) is 71.6 Å². The van der Waals surface area contributed by atoms with Crippen LogP contribution in [-0.2, 0) is 6.42 Å². The Hall–Kier alpha value is -1.48. The van der Waals surface area contributed by atoms with Crippen LogP contribution < -0.4 is 0 Å². The summed E-state index contributed by atoms with van der Waals surface area (Å²) < 4.78 is 0. The minimum Gasteiger partial charge on any atom is -0.251 e. The standard InChI is InChI=1S/C27H36N2Si/c1-26(2)15-12-18(26)16-8-10-21(28-23(16)13-15)22-11-9-17-19-14-20(27(19,3)4)25(24(17)29-22)30(5,6)7/h8-11,15,18-20,25H,12-14H2,1-7H3/t15-,18+,19+,20-,25+/m1/s1. The van der Waals surface area contributed by atoms with Gasteiger partial charge in [-0.1, -0.05) is 59.5 Å². The molecule has 2 heterocycles. The van der Waals surface area contributed by atoms with Crippen LogP contribution in [0.1, 0.15) is 80.4 Å². The molecule has 2 fully saturated rings. The van der Waals surface area contributed by atoms with Crippen molar-refractivity contribution in [3.05, 3.63) is 46.8 Å². The van der Waals surface area contributed by atoms with Crippen molar-refractivity contribution in [3.63, 3.8) is 0 Å². The van der Waals surface area contributed by atoms with Gasteiger partial charge in [-0.15, -0.1) is 0 Å². The van der Waals surface area contributed by atoms with Crippen molar-refractivity contribution in [1.29, 1.82) is 0 Å². The van der Waals surface area contributed by atoms with Gasteiger partial charge in [-0.3, -0.25) is 9.97 Å². The van der Waals surface area contributed by atoms with Crippen LogP contribution in [0.2, 0.25) is 19.6 Å². The first-order valence-electron chi connectivity index (χ1n) is 12.0. The average Bonchev–Trinajstić information content (AvgIpc) is 2.70. The van der Waals surface area contributed by atoms with Gasteiger partial charge in [0.05, 0.1) is 19.5 Å². The number of hydrogen-bond donors (Lipinski definition) is 0. The zero-order chi connectivity index (χ0) is 21.2. The molecular formula is C27H36N2Si. The second kappa shape index (κ2) is 5.65. The number of pyridine rings is 2. The zero-order valence-electron chi connectivity index (χ0n) is 19.7. The van der Waals surface area contributed by atoms with Gasteiger partial charge in [0, 0.05) is 11.4 Å². The molecule has 6 aliphatic carbocycles. The number of rotatable bonds is 2. The van der Waals surface area contributed by atoms with E-state index in [4.69, 9.17) is 9.97 Å². The highest BCUT2D eigenvalue weighted by Gasteiger charge is 2.60. The monoisotopic (exact) mass is 416 g/mol. The van der Waals surface area contributed by atoms with E-state index in [1.807, 2.05) is 0 Å². The van der Waals surface area contributed by atoms with Gasteiger partial charge in [0.15, 0.2) is 0 Å². The molecule has 2 nitrogen and oxygen atoms in total. The molecule has 5 atom stereocenters. The van der Waals surface area contributed by atoms with E-state index in [1.165, 1.54) is 29.8 Å². The molecule has 0 amide bonds. The van der Waals surface area contributed by atoms with E-state index >= 15 is 0 Å². The molecule has 0 unspecified atom stereocenters. The second-order valence-electron chi connectivity index (χ2n) is 13.0. The topological polar surface area (TPSA) is 25.8 Å². The molecule has 0 radical (unpaired) electrons. The van der Waals surface area contributed by atoms with Crippen LogP contribution >= 0.6 is 0 Å². The summed E-state index contributed by atoms with van der Waals surface area (Å²) in [5, 5.41) is 0. The van der Waals surface area contributed by atoms with Crippen LogP contribution in [0.25, 0.3) is 11.4 Å². The van der Waals surface area contributed by atoms with Gasteiger partial charge >= 0.3 is 0 Å². The lowest BCUT2D eigenvalue weighted by Gasteiger charge is -2.62. The van der Waals surface area contributed by atoms with E-state index in [-0.39, 0.29) is 0 Å². The van der Waals surface area contributed by atoms with Crippen LogP contribution in [0.4, 0.5) is 0 Å². The van der Waals surface area contributed by atoms with Crippen molar-refractivity contribution in [2.45, 2.75) is 84.0 Å². The fourth-order valence-electron chi connectivity index (χ4n) is 7.69. The highest BCUT2D eigenvalue weighted by Crippen LogP contribution is 2.68. The predicted octanol–water partition coefficient (Wildman–Crippen LogP) is 6.93. The molecule has 2 aromatic rings. The first-order chi connectivity index (χ1) is 14.0. The maximum atomic E-state index is 5.36. The number of nitrogens with zero attached hydrogens (tertiary/aromatic N) is 2. The van der Waals surface area contributed by atoms with Crippen molar-refractivity contribution >= 4 is 8.07 Å². The molecule has 30 heavy (non-hydrogen) atoms. The molecule has 6 aliphatic rings. The van der Waals surface area contributed by atoms with Crippen molar-refractivity contribution in [2.24, 2.45) is 22.7 Å². The molecule has 0 N–H and O–H groups in total. The number of hydrogen-bond acceptors (Lipinski definition) is 2. The van der Waals surface area contributed by atoms with Crippen LogP contribution in [-0.4, -0.2) is 18.0 Å². The first-order valence-corrected chi connectivity index (χ1v) is 15.6. The maximum absolute atomic E-state index is 5.36. The summed E-state index contributed by atoms with van der Waals surface area (Å²) in [5.74, 6) is 3.00. The fourth-order valence-corrected chi connectivity index (χ4v) is 10.5. The molecule has 0 aliphatic heterocycles. The average molecular weight is 417 g/mol. The molecule has 0 spiro atoms. The summed E-state index contributed by atoms with van der Waals surface area (Å²) in [6.45, 7) is 17.5. The van der Waals surface area contributed by atoms with Gasteiger partial charge in [-0.2, -0.15) is 0 Å². The van der Waals surface area contributed by atoms with Crippen LogP contribution in [0.3, 0.4) is 0 Å². The van der Waals surface area contributed by atoms with Crippen LogP contribution in [0.5, 0.6) is 0 Å². The van der Waals surface area contributed by atoms with Crippen molar-refractivity contribution in [2.75, 3.05) is 0 Å². The van der Waals surface area contributed by atoms with E-state index in [1.54, 1.807) is 5.56 Å². The molecule has 0 aromatic carbocycles. The SMILES string of the molecule is CC1(C)[C@H]2Cc3nc(-c4ccc5c(n4)[C@@H]([Si](C)(C)C)[C@H]4C[C@@H]5C4(C)C)ccc3[C@@H]1C2. The first kappa shape index (κ1) is 19.2. The third kappa shape index (κ3) is 2.31. The molecular weight excluding hydrogens is 380 g/mol. The number of aromatic nitrogens is 2. The third-order valence-corrected chi connectivity index (χ3v) is 12.4. The highest BCUT2D eigenvalue weighted by molar-refractivity contribution is 6.77. The Kier molecular flexibility index (Phi) is 3.62. The summed E-state index contributed by atoms with van der Waals surface area (Å²) in [6, 6.07) is 9.29. The fraction of sp³-hybridized carbons (Fsp3) is 0.630. The van der Waals surface area contributed by atoms with Gasteiger partial charge in [0.25, 0.3) is 0 Å². The van der Waals surface area contributed by atoms with Crippen molar-refractivity contribution in [1.82, 2.24) is 9.97 Å². The Morgan fingerprint density at radius 3 is 2.07 bits per heavy atom. The minimum atomic E-state index is -1.37. The molecule has 2 saturated carbocycles. The Balaban J connectivity index is 1.42. The summed E-state index contributed by atoms with van der Waals surface area (Å²) in [6.07, 6.45) is 3.87. The smallest absolute Gasteiger partial charge is 0.0889 e. The lowest BCUT2D eigenvalue weighted by atomic mass is 9.48. The summed E-state index contributed by atoms with van der Waals surface area (Å²) in [5.41, 5.74) is 9.55. The van der Waals surface area contributed by atoms with E-state index in [0.717, 1.165) is 29.6 Å². The predicted molar refractivity (Wildman–Crippen MR) is 127 cm³/mol. The Labute approximate surface area is 182 Å². The van der Waals surface area contributed by atoms with Gasteiger partial charge in [-0.25, -0.2) is 0 Å². The molecule has 8 rings (SSSR count). The van der Waals surface area contributed by atoms with Crippen LogP contribution in [0.15, 0.2) is 24.3 Å². The molecule has 4 bridgehead atoms. The summed E-state index contributed by atoms with van der Waals surface area (Å²) in [4.78, 5) is 10.5. The third-order valence-electron chi connectivity index (χ3n) is 9.86. The minimum absolute atomic E-state index is 0.430. The lowest BCUT2D eigenvalue weighted by Crippen LogP contribution is -2.56. The van der Waals surface area contributed by atoms with Crippen molar-refractivity contribution in [3.8, 4) is 11.4 Å². The summed E-state index contributed by atoms with van der Waals surface area (Å²) >= 11 is 0. The second-order valence-corrected chi connectivity index (χ2v) is 18.3. The quantitative estimate of drug-likeness (QED) is 0.496. The molecule has 158 valence electrons. The highest BCUT2D eigenvalue weighted by atomic mass is 28.3. The van der Waals surface area contributed by atoms with Gasteiger partial charge in [-0.05, 0) is 82.6 Å². The Morgan fingerprint density at radius 2 is 1.43 bits per heavy atom. The van der Waals surface area contributed by atoms with Gasteiger partial charge in [0.1, 0.15) is 0 Å². The van der Waals surface area contributed by atoms with Crippen molar-refractivity contribution < 1.29 is 0 Å². The van der Waals surface area contributed by atoms with Crippen LogP contribution in [0, 0.1) is 22.7 Å².